The minimum Gasteiger partial charge on any atom is -0.375 e. The number of hydrogen-bond donors (Lipinski definition) is 1. The van der Waals surface area contributed by atoms with E-state index in [9.17, 15) is 4.39 Å². The highest BCUT2D eigenvalue weighted by atomic mass is 127. The molecule has 1 aromatic carbocycles. The molecule has 0 bridgehead atoms. The van der Waals surface area contributed by atoms with Gasteiger partial charge in [0.25, 0.3) is 0 Å². The van der Waals surface area contributed by atoms with Gasteiger partial charge in [0.1, 0.15) is 5.82 Å². The third-order valence-electron chi connectivity index (χ3n) is 1.73. The average molecular weight is 320 g/mol. The summed E-state index contributed by atoms with van der Waals surface area (Å²) in [6.45, 7) is 0. The van der Waals surface area contributed by atoms with Gasteiger partial charge >= 0.3 is 0 Å². The molecule has 2 rings (SSSR count). The summed E-state index contributed by atoms with van der Waals surface area (Å²) in [7, 11) is 0. The molecule has 2 nitrogen and oxygen atoms in total. The number of anilines is 1. The van der Waals surface area contributed by atoms with Gasteiger partial charge in [-0.3, -0.25) is 0 Å². The van der Waals surface area contributed by atoms with Gasteiger partial charge in [0.2, 0.25) is 0 Å². The topological polar surface area (TPSA) is 38.9 Å². The van der Waals surface area contributed by atoms with E-state index in [1.54, 1.807) is 6.07 Å². The third kappa shape index (κ3) is 1.88. The van der Waals surface area contributed by atoms with Crippen LogP contribution in [0.3, 0.4) is 0 Å². The summed E-state index contributed by atoms with van der Waals surface area (Å²) in [6, 6.07) is 4.62. The number of benzene rings is 1. The van der Waals surface area contributed by atoms with Crippen molar-refractivity contribution in [2.45, 2.75) is 0 Å². The summed E-state index contributed by atoms with van der Waals surface area (Å²) in [5.74, 6) is -0.257. The van der Waals surface area contributed by atoms with E-state index in [4.69, 9.17) is 5.73 Å². The molecule has 5 heteroatoms. The van der Waals surface area contributed by atoms with Crippen molar-refractivity contribution in [2.75, 3.05) is 5.73 Å². The normalized spacial score (nSPS) is 10.4. The second-order valence-electron chi connectivity index (χ2n) is 2.70. The van der Waals surface area contributed by atoms with E-state index >= 15 is 0 Å². The van der Waals surface area contributed by atoms with Gasteiger partial charge in [-0.1, -0.05) is 0 Å². The number of nitrogen functional groups attached to an aromatic ring is 1. The third-order valence-corrected chi connectivity index (χ3v) is 3.34. The lowest BCUT2D eigenvalue weighted by Crippen LogP contribution is -1.87. The first-order valence-electron chi connectivity index (χ1n) is 3.83. The predicted molar refractivity (Wildman–Crippen MR) is 64.6 cm³/mol. The van der Waals surface area contributed by atoms with E-state index in [0.717, 1.165) is 14.8 Å². The number of hydrogen-bond acceptors (Lipinski definition) is 3. The van der Waals surface area contributed by atoms with Crippen LogP contribution in [0.1, 0.15) is 0 Å². The van der Waals surface area contributed by atoms with Gasteiger partial charge < -0.3 is 5.73 Å². The van der Waals surface area contributed by atoms with Crippen LogP contribution in [0.15, 0.2) is 23.6 Å². The Labute approximate surface area is 98.1 Å². The molecule has 0 amide bonds. The highest BCUT2D eigenvalue weighted by Gasteiger charge is 2.07. The first-order valence-corrected chi connectivity index (χ1v) is 5.79. The Bertz CT molecular complexity index is 470. The highest BCUT2D eigenvalue weighted by Crippen LogP contribution is 2.27. The zero-order chi connectivity index (χ0) is 10.1. The molecular weight excluding hydrogens is 314 g/mol. The molecule has 0 fully saturated rings. The van der Waals surface area contributed by atoms with Crippen molar-refractivity contribution in [2.24, 2.45) is 0 Å². The van der Waals surface area contributed by atoms with Crippen LogP contribution in [0.4, 0.5) is 9.52 Å². The van der Waals surface area contributed by atoms with Crippen LogP contribution in [-0.2, 0) is 0 Å². The molecule has 2 aromatic rings. The largest absolute Gasteiger partial charge is 0.375 e. The standard InChI is InChI=1S/C9H6FIN2S/c10-5-1-2-7(11)6(3-5)8-4-14-9(12)13-8/h1-4H,(H2,12,13). The molecule has 72 valence electrons. The zero-order valence-corrected chi connectivity index (χ0v) is 9.97. The van der Waals surface area contributed by atoms with Gasteiger partial charge in [0.15, 0.2) is 5.13 Å². The summed E-state index contributed by atoms with van der Waals surface area (Å²) in [4.78, 5) is 4.11. The van der Waals surface area contributed by atoms with Crippen molar-refractivity contribution >= 4 is 39.1 Å². The molecular formula is C9H6FIN2S. The monoisotopic (exact) mass is 320 g/mol. The van der Waals surface area contributed by atoms with E-state index in [2.05, 4.69) is 27.6 Å². The lowest BCUT2D eigenvalue weighted by molar-refractivity contribution is 0.628. The van der Waals surface area contributed by atoms with Crippen LogP contribution in [0, 0.1) is 9.39 Å². The van der Waals surface area contributed by atoms with Crippen molar-refractivity contribution in [1.82, 2.24) is 4.98 Å². The second kappa shape index (κ2) is 3.82. The molecule has 2 N–H and O–H groups in total. The number of nitrogens with zero attached hydrogens (tertiary/aromatic N) is 1. The number of thiazole rings is 1. The van der Waals surface area contributed by atoms with Gasteiger partial charge in [0, 0.05) is 14.5 Å². The fourth-order valence-corrected chi connectivity index (χ4v) is 2.28. The Morgan fingerprint density at radius 1 is 1.43 bits per heavy atom. The van der Waals surface area contributed by atoms with Crippen LogP contribution >= 0.6 is 33.9 Å². The van der Waals surface area contributed by atoms with E-state index in [1.165, 1.54) is 23.5 Å². The molecule has 14 heavy (non-hydrogen) atoms. The van der Waals surface area contributed by atoms with Crippen LogP contribution in [0.25, 0.3) is 11.3 Å². The van der Waals surface area contributed by atoms with E-state index < -0.39 is 0 Å². The molecule has 0 saturated heterocycles. The Kier molecular flexibility index (Phi) is 2.69. The van der Waals surface area contributed by atoms with Crippen LogP contribution in [0.5, 0.6) is 0 Å². The summed E-state index contributed by atoms with van der Waals surface area (Å²) in [5, 5.41) is 2.33. The van der Waals surface area contributed by atoms with Gasteiger partial charge in [-0.25, -0.2) is 9.37 Å². The first-order chi connectivity index (χ1) is 6.66. The number of aromatic nitrogens is 1. The molecule has 0 spiro atoms. The van der Waals surface area contributed by atoms with Gasteiger partial charge in [0.05, 0.1) is 5.69 Å². The van der Waals surface area contributed by atoms with E-state index in [1.807, 2.05) is 5.38 Å². The van der Waals surface area contributed by atoms with Crippen LogP contribution in [-0.4, -0.2) is 4.98 Å². The van der Waals surface area contributed by atoms with Crippen molar-refractivity contribution in [3.05, 3.63) is 33.0 Å². The molecule has 0 radical (unpaired) electrons. The molecule has 1 heterocycles. The molecule has 0 aliphatic heterocycles. The summed E-state index contributed by atoms with van der Waals surface area (Å²) in [6.07, 6.45) is 0. The Hall–Kier alpha value is -0.690. The maximum absolute atomic E-state index is 13.0. The first kappa shape index (κ1) is 9.85. The molecule has 0 aliphatic carbocycles. The molecule has 0 aliphatic rings. The number of rotatable bonds is 1. The lowest BCUT2D eigenvalue weighted by atomic mass is 10.2. The van der Waals surface area contributed by atoms with Crippen LogP contribution < -0.4 is 5.73 Å². The molecule has 1 aromatic heterocycles. The Morgan fingerprint density at radius 3 is 2.86 bits per heavy atom. The van der Waals surface area contributed by atoms with Crippen molar-refractivity contribution in [3.63, 3.8) is 0 Å². The van der Waals surface area contributed by atoms with Crippen LogP contribution in [0.2, 0.25) is 0 Å². The molecule has 0 unspecified atom stereocenters. The lowest BCUT2D eigenvalue weighted by Gasteiger charge is -2.00. The van der Waals surface area contributed by atoms with E-state index in [0.29, 0.717) is 5.13 Å². The van der Waals surface area contributed by atoms with Crippen molar-refractivity contribution in [3.8, 4) is 11.3 Å². The SMILES string of the molecule is Nc1nc(-c2cc(F)ccc2I)cs1. The molecule has 0 atom stereocenters. The predicted octanol–water partition coefficient (Wildman–Crippen LogP) is 3.14. The maximum atomic E-state index is 13.0. The minimum atomic E-state index is -0.257. The zero-order valence-electron chi connectivity index (χ0n) is 7.00. The fourth-order valence-electron chi connectivity index (χ4n) is 1.11. The summed E-state index contributed by atoms with van der Waals surface area (Å²) in [5.41, 5.74) is 7.04. The highest BCUT2D eigenvalue weighted by molar-refractivity contribution is 14.1. The van der Waals surface area contributed by atoms with Gasteiger partial charge in [-0.15, -0.1) is 11.3 Å². The minimum absolute atomic E-state index is 0.257. The maximum Gasteiger partial charge on any atom is 0.180 e. The average Bonchev–Trinajstić information content (AvgIpc) is 2.56. The second-order valence-corrected chi connectivity index (χ2v) is 4.75. The molecule has 0 saturated carbocycles. The Balaban J connectivity index is 2.55. The smallest absolute Gasteiger partial charge is 0.180 e. The van der Waals surface area contributed by atoms with Gasteiger partial charge in [-0.05, 0) is 40.8 Å². The van der Waals surface area contributed by atoms with Gasteiger partial charge in [-0.2, -0.15) is 0 Å². The van der Waals surface area contributed by atoms with E-state index in [-0.39, 0.29) is 5.82 Å². The van der Waals surface area contributed by atoms with Crippen molar-refractivity contribution < 1.29 is 4.39 Å². The fraction of sp³-hybridized carbons (Fsp3) is 0. The quantitative estimate of drug-likeness (QED) is 0.820. The van der Waals surface area contributed by atoms with Crippen molar-refractivity contribution in [1.29, 1.82) is 0 Å². The Morgan fingerprint density at radius 2 is 2.21 bits per heavy atom. The summed E-state index contributed by atoms with van der Waals surface area (Å²) >= 11 is 3.50. The number of halogens is 2. The number of nitrogens with two attached hydrogens (primary N) is 1. The summed E-state index contributed by atoms with van der Waals surface area (Å²) < 4.78 is 13.9.